The summed E-state index contributed by atoms with van der Waals surface area (Å²) in [5, 5.41) is 8.91. The normalized spacial score (nSPS) is 9.76. The first-order valence-electron chi connectivity index (χ1n) is 4.98. The molecule has 0 aliphatic carbocycles. The van der Waals surface area contributed by atoms with Crippen molar-refractivity contribution in [2.24, 2.45) is 0 Å². The third-order valence-corrected chi connectivity index (χ3v) is 2.21. The van der Waals surface area contributed by atoms with Crippen molar-refractivity contribution < 1.29 is 19.5 Å². The Labute approximate surface area is 98.7 Å². The van der Waals surface area contributed by atoms with Crippen molar-refractivity contribution in [3.05, 3.63) is 34.9 Å². The number of benzene rings is 1. The van der Waals surface area contributed by atoms with Gasteiger partial charge < -0.3 is 14.8 Å². The zero-order valence-electron chi connectivity index (χ0n) is 9.64. The molecule has 0 aliphatic rings. The summed E-state index contributed by atoms with van der Waals surface area (Å²) in [7, 11) is 3.16. The first-order chi connectivity index (χ1) is 7.95. The zero-order chi connectivity index (χ0) is 13.0. The second-order valence-corrected chi connectivity index (χ2v) is 3.79. The van der Waals surface area contributed by atoms with Crippen LogP contribution in [0.3, 0.4) is 0 Å². The van der Waals surface area contributed by atoms with E-state index in [1.165, 1.54) is 23.1 Å². The minimum Gasteiger partial charge on any atom is -0.478 e. The van der Waals surface area contributed by atoms with E-state index in [9.17, 15) is 14.4 Å². The van der Waals surface area contributed by atoms with Crippen molar-refractivity contribution in [3.8, 4) is 0 Å². The SMILES string of the molecule is CN(C)C(=O)c1cc(CC=O)cc(C(=O)O)c1. The molecule has 0 heterocycles. The number of carbonyl (C=O) groups excluding carboxylic acids is 2. The number of carboxylic acid groups (broad SMARTS) is 1. The van der Waals surface area contributed by atoms with Crippen LogP contribution in [0.25, 0.3) is 0 Å². The second kappa shape index (κ2) is 5.25. The third-order valence-electron chi connectivity index (χ3n) is 2.21. The third kappa shape index (κ3) is 3.14. The standard InChI is InChI=1S/C12H13NO4/c1-13(2)11(15)9-5-8(3-4-14)6-10(7-9)12(16)17/h4-7H,3H2,1-2H3,(H,16,17). The van der Waals surface area contributed by atoms with Crippen LogP contribution in [0.4, 0.5) is 0 Å². The summed E-state index contributed by atoms with van der Waals surface area (Å²) in [6.45, 7) is 0. The highest BCUT2D eigenvalue weighted by molar-refractivity contribution is 5.97. The maximum absolute atomic E-state index is 11.7. The van der Waals surface area contributed by atoms with Gasteiger partial charge in [-0.2, -0.15) is 0 Å². The van der Waals surface area contributed by atoms with E-state index in [1.54, 1.807) is 14.1 Å². The predicted octanol–water partition coefficient (Wildman–Crippen LogP) is 0.828. The smallest absolute Gasteiger partial charge is 0.335 e. The lowest BCUT2D eigenvalue weighted by Crippen LogP contribution is -2.22. The molecule has 0 unspecified atom stereocenters. The highest BCUT2D eigenvalue weighted by Gasteiger charge is 2.13. The topological polar surface area (TPSA) is 74.7 Å². The molecule has 17 heavy (non-hydrogen) atoms. The highest BCUT2D eigenvalue weighted by Crippen LogP contribution is 2.12. The van der Waals surface area contributed by atoms with E-state index in [0.717, 1.165) is 0 Å². The van der Waals surface area contributed by atoms with E-state index in [1.807, 2.05) is 0 Å². The van der Waals surface area contributed by atoms with Gasteiger partial charge >= 0.3 is 5.97 Å². The van der Waals surface area contributed by atoms with Crippen LogP contribution in [0.2, 0.25) is 0 Å². The number of hydrogen-bond acceptors (Lipinski definition) is 3. The average molecular weight is 235 g/mol. The van der Waals surface area contributed by atoms with Gasteiger partial charge in [-0.15, -0.1) is 0 Å². The Kier molecular flexibility index (Phi) is 3.98. The van der Waals surface area contributed by atoms with Gasteiger partial charge in [0.2, 0.25) is 0 Å². The number of aldehydes is 1. The van der Waals surface area contributed by atoms with Crippen molar-refractivity contribution in [3.63, 3.8) is 0 Å². The lowest BCUT2D eigenvalue weighted by Gasteiger charge is -2.11. The molecule has 1 rings (SSSR count). The van der Waals surface area contributed by atoms with Crippen LogP contribution in [0, 0.1) is 0 Å². The number of nitrogens with zero attached hydrogens (tertiary/aromatic N) is 1. The predicted molar refractivity (Wildman–Crippen MR) is 61.2 cm³/mol. The molecule has 0 atom stereocenters. The Bertz CT molecular complexity index is 466. The van der Waals surface area contributed by atoms with Gasteiger partial charge in [-0.25, -0.2) is 4.79 Å². The van der Waals surface area contributed by atoms with Crippen LogP contribution in [0.5, 0.6) is 0 Å². The van der Waals surface area contributed by atoms with Gasteiger partial charge in [-0.1, -0.05) is 0 Å². The molecule has 0 bridgehead atoms. The summed E-state index contributed by atoms with van der Waals surface area (Å²) in [4.78, 5) is 34.4. The molecule has 0 aromatic heterocycles. The Balaban J connectivity index is 3.25. The molecular weight excluding hydrogens is 222 g/mol. The Morgan fingerprint density at radius 3 is 2.29 bits per heavy atom. The van der Waals surface area contributed by atoms with Crippen molar-refractivity contribution >= 4 is 18.2 Å². The van der Waals surface area contributed by atoms with E-state index in [4.69, 9.17) is 5.11 Å². The molecule has 0 radical (unpaired) electrons. The van der Waals surface area contributed by atoms with Crippen LogP contribution in [0.1, 0.15) is 26.3 Å². The van der Waals surface area contributed by atoms with E-state index < -0.39 is 5.97 Å². The summed E-state index contributed by atoms with van der Waals surface area (Å²) >= 11 is 0. The molecule has 1 aromatic rings. The summed E-state index contributed by atoms with van der Waals surface area (Å²) in [5.41, 5.74) is 0.798. The van der Waals surface area contributed by atoms with Crippen molar-refractivity contribution in [1.82, 2.24) is 4.90 Å². The molecule has 5 nitrogen and oxygen atoms in total. The van der Waals surface area contributed by atoms with Gasteiger partial charge in [-0.05, 0) is 23.8 Å². The Hall–Kier alpha value is -2.17. The fourth-order valence-electron chi connectivity index (χ4n) is 1.41. The molecule has 0 fully saturated rings. The molecule has 90 valence electrons. The van der Waals surface area contributed by atoms with E-state index >= 15 is 0 Å². The maximum Gasteiger partial charge on any atom is 0.335 e. The van der Waals surface area contributed by atoms with Gasteiger partial charge in [0.15, 0.2) is 0 Å². The molecule has 0 aliphatic heterocycles. The van der Waals surface area contributed by atoms with Gasteiger partial charge in [-0.3, -0.25) is 4.79 Å². The zero-order valence-corrected chi connectivity index (χ0v) is 9.64. The van der Waals surface area contributed by atoms with Gasteiger partial charge in [0, 0.05) is 26.1 Å². The lowest BCUT2D eigenvalue weighted by atomic mass is 10.0. The fourth-order valence-corrected chi connectivity index (χ4v) is 1.41. The molecule has 0 saturated heterocycles. The molecule has 1 aromatic carbocycles. The number of rotatable bonds is 4. The first-order valence-corrected chi connectivity index (χ1v) is 4.98. The summed E-state index contributed by atoms with van der Waals surface area (Å²) < 4.78 is 0. The van der Waals surface area contributed by atoms with Crippen LogP contribution < -0.4 is 0 Å². The minimum atomic E-state index is -1.12. The Morgan fingerprint density at radius 2 is 1.82 bits per heavy atom. The number of carboxylic acids is 1. The lowest BCUT2D eigenvalue weighted by molar-refractivity contribution is -0.107. The van der Waals surface area contributed by atoms with Crippen LogP contribution >= 0.6 is 0 Å². The highest BCUT2D eigenvalue weighted by atomic mass is 16.4. The molecule has 1 N–H and O–H groups in total. The number of amides is 1. The van der Waals surface area contributed by atoms with Crippen molar-refractivity contribution in [2.45, 2.75) is 6.42 Å². The molecule has 5 heteroatoms. The largest absolute Gasteiger partial charge is 0.478 e. The molecule has 1 amide bonds. The molecule has 0 spiro atoms. The first kappa shape index (κ1) is 12.9. The summed E-state index contributed by atoms with van der Waals surface area (Å²) in [5.74, 6) is -1.41. The van der Waals surface area contributed by atoms with Crippen LogP contribution in [-0.2, 0) is 11.2 Å². The quantitative estimate of drug-likeness (QED) is 0.784. The van der Waals surface area contributed by atoms with Crippen LogP contribution in [-0.4, -0.2) is 42.3 Å². The Morgan fingerprint density at radius 1 is 1.24 bits per heavy atom. The summed E-state index contributed by atoms with van der Waals surface area (Å²) in [6.07, 6.45) is 0.764. The van der Waals surface area contributed by atoms with E-state index in [-0.39, 0.29) is 23.5 Å². The fraction of sp³-hybridized carbons (Fsp3) is 0.250. The maximum atomic E-state index is 11.7. The van der Waals surface area contributed by atoms with Crippen LogP contribution in [0.15, 0.2) is 18.2 Å². The molecule has 0 saturated carbocycles. The monoisotopic (exact) mass is 235 g/mol. The van der Waals surface area contributed by atoms with E-state index in [0.29, 0.717) is 11.8 Å². The van der Waals surface area contributed by atoms with E-state index in [2.05, 4.69) is 0 Å². The van der Waals surface area contributed by atoms with Gasteiger partial charge in [0.1, 0.15) is 6.29 Å². The van der Waals surface area contributed by atoms with Crippen molar-refractivity contribution in [2.75, 3.05) is 14.1 Å². The van der Waals surface area contributed by atoms with Gasteiger partial charge in [0.25, 0.3) is 5.91 Å². The number of carbonyl (C=O) groups is 3. The number of aromatic carboxylic acids is 1. The summed E-state index contributed by atoms with van der Waals surface area (Å²) in [6, 6.07) is 4.23. The van der Waals surface area contributed by atoms with Gasteiger partial charge in [0.05, 0.1) is 5.56 Å². The molecular formula is C12H13NO4. The second-order valence-electron chi connectivity index (χ2n) is 3.79. The number of hydrogen-bond donors (Lipinski definition) is 1. The minimum absolute atomic E-state index is 0.00884. The van der Waals surface area contributed by atoms with Crippen molar-refractivity contribution in [1.29, 1.82) is 0 Å². The average Bonchev–Trinajstić information content (AvgIpc) is 2.27.